The summed E-state index contributed by atoms with van der Waals surface area (Å²) in [6.07, 6.45) is 0.436. The van der Waals surface area contributed by atoms with Crippen LogP contribution in [0, 0.1) is 0 Å². The number of hydrogen-bond donors (Lipinski definition) is 0. The summed E-state index contributed by atoms with van der Waals surface area (Å²) >= 11 is 1.19. The topological polar surface area (TPSA) is 37.4 Å². The highest BCUT2D eigenvalue weighted by Gasteiger charge is 2.27. The molecule has 14 heavy (non-hydrogen) atoms. The summed E-state index contributed by atoms with van der Waals surface area (Å²) < 4.78 is 0. The van der Waals surface area contributed by atoms with Crippen LogP contribution in [0.15, 0.2) is 30.3 Å². The maximum Gasteiger partial charge on any atom is 0.292 e. The van der Waals surface area contributed by atoms with Gasteiger partial charge in [0.05, 0.1) is 5.69 Å². The lowest BCUT2D eigenvalue weighted by Gasteiger charge is -2.23. The molecular formula is C10H9NO2S. The molecule has 2 rings (SSSR count). The molecule has 1 fully saturated rings. The predicted octanol–water partition coefficient (Wildman–Crippen LogP) is 2.28. The third-order valence-corrected chi connectivity index (χ3v) is 2.83. The molecule has 1 aliphatic rings. The van der Waals surface area contributed by atoms with Gasteiger partial charge in [0.15, 0.2) is 0 Å². The zero-order valence-electron chi connectivity index (χ0n) is 7.47. The summed E-state index contributed by atoms with van der Waals surface area (Å²) in [5.41, 5.74) is 0.662. The molecule has 4 heteroatoms. The standard InChI is InChI=1S/C10H9NO2S/c12-9-6-7-14-10(13)11(9)8-4-2-1-3-5-8/h1-5H,6-7H2. The number of thioether (sulfide) groups is 1. The smallest absolute Gasteiger partial charge is 0.274 e. The molecule has 1 saturated heterocycles. The van der Waals surface area contributed by atoms with Crippen LogP contribution >= 0.6 is 11.8 Å². The molecule has 0 saturated carbocycles. The molecule has 1 aromatic carbocycles. The molecule has 0 aliphatic carbocycles. The van der Waals surface area contributed by atoms with Crippen LogP contribution in [0.4, 0.5) is 10.5 Å². The molecule has 0 bridgehead atoms. The first-order valence-electron chi connectivity index (χ1n) is 4.34. The van der Waals surface area contributed by atoms with Gasteiger partial charge in [-0.25, -0.2) is 4.90 Å². The minimum atomic E-state index is -0.174. The van der Waals surface area contributed by atoms with E-state index in [1.807, 2.05) is 18.2 Å². The number of nitrogens with zero attached hydrogens (tertiary/aromatic N) is 1. The molecule has 3 nitrogen and oxygen atoms in total. The quantitative estimate of drug-likeness (QED) is 0.709. The molecule has 1 aromatic rings. The number of hydrogen-bond acceptors (Lipinski definition) is 3. The van der Waals surface area contributed by atoms with Crippen molar-refractivity contribution in [2.24, 2.45) is 0 Å². The molecule has 1 heterocycles. The first-order chi connectivity index (χ1) is 6.79. The molecule has 0 spiro atoms. The van der Waals surface area contributed by atoms with Crippen molar-refractivity contribution in [3.05, 3.63) is 30.3 Å². The van der Waals surface area contributed by atoms with Gasteiger partial charge in [0.25, 0.3) is 5.24 Å². The Hall–Kier alpha value is -1.29. The van der Waals surface area contributed by atoms with Gasteiger partial charge in [0.1, 0.15) is 0 Å². The van der Waals surface area contributed by atoms with Gasteiger partial charge in [-0.1, -0.05) is 30.0 Å². The average molecular weight is 207 g/mol. The van der Waals surface area contributed by atoms with Gasteiger partial charge in [-0.2, -0.15) is 0 Å². The number of para-hydroxylation sites is 1. The molecule has 0 radical (unpaired) electrons. The van der Waals surface area contributed by atoms with Crippen molar-refractivity contribution in [1.82, 2.24) is 0 Å². The van der Waals surface area contributed by atoms with Gasteiger partial charge < -0.3 is 0 Å². The Morgan fingerprint density at radius 3 is 2.50 bits per heavy atom. The highest BCUT2D eigenvalue weighted by atomic mass is 32.2. The normalized spacial score (nSPS) is 17.3. The second kappa shape index (κ2) is 3.84. The van der Waals surface area contributed by atoms with E-state index < -0.39 is 0 Å². The number of benzene rings is 1. The third-order valence-electron chi connectivity index (χ3n) is 1.99. The second-order valence-corrected chi connectivity index (χ2v) is 3.98. The minimum Gasteiger partial charge on any atom is -0.274 e. The number of carbonyl (C=O) groups is 2. The van der Waals surface area contributed by atoms with E-state index in [2.05, 4.69) is 0 Å². The van der Waals surface area contributed by atoms with Gasteiger partial charge in [-0.3, -0.25) is 9.59 Å². The van der Waals surface area contributed by atoms with E-state index in [1.54, 1.807) is 12.1 Å². The van der Waals surface area contributed by atoms with Gasteiger partial charge in [0, 0.05) is 12.2 Å². The lowest BCUT2D eigenvalue weighted by molar-refractivity contribution is -0.117. The van der Waals surface area contributed by atoms with Gasteiger partial charge in [0.2, 0.25) is 5.91 Å². The Labute approximate surface area is 86.1 Å². The van der Waals surface area contributed by atoms with E-state index >= 15 is 0 Å². The number of carbonyl (C=O) groups excluding carboxylic acids is 2. The maximum atomic E-state index is 11.5. The van der Waals surface area contributed by atoms with E-state index in [0.29, 0.717) is 17.9 Å². The monoisotopic (exact) mass is 207 g/mol. The van der Waals surface area contributed by atoms with Crippen LogP contribution in [0.2, 0.25) is 0 Å². The summed E-state index contributed by atoms with van der Waals surface area (Å²) in [6.45, 7) is 0. The van der Waals surface area contributed by atoms with Crippen LogP contribution in [-0.2, 0) is 4.79 Å². The number of rotatable bonds is 1. The van der Waals surface area contributed by atoms with Crippen LogP contribution in [-0.4, -0.2) is 16.9 Å². The van der Waals surface area contributed by atoms with E-state index in [1.165, 1.54) is 16.7 Å². The SMILES string of the molecule is O=C1CCSC(=O)N1c1ccccc1. The van der Waals surface area contributed by atoms with Crippen molar-refractivity contribution in [3.63, 3.8) is 0 Å². The van der Waals surface area contributed by atoms with Crippen molar-refractivity contribution in [2.45, 2.75) is 6.42 Å². The van der Waals surface area contributed by atoms with Gasteiger partial charge in [-0.15, -0.1) is 0 Å². The van der Waals surface area contributed by atoms with Crippen LogP contribution in [0.5, 0.6) is 0 Å². The van der Waals surface area contributed by atoms with Crippen molar-refractivity contribution in [1.29, 1.82) is 0 Å². The van der Waals surface area contributed by atoms with Gasteiger partial charge >= 0.3 is 0 Å². The summed E-state index contributed by atoms with van der Waals surface area (Å²) in [5, 5.41) is -0.174. The highest BCUT2D eigenvalue weighted by molar-refractivity contribution is 8.14. The summed E-state index contributed by atoms with van der Waals surface area (Å²) in [6, 6.07) is 9.02. The lowest BCUT2D eigenvalue weighted by atomic mass is 10.3. The molecule has 0 N–H and O–H groups in total. The zero-order chi connectivity index (χ0) is 9.97. The van der Waals surface area contributed by atoms with Crippen molar-refractivity contribution < 1.29 is 9.59 Å². The molecule has 2 amide bonds. The van der Waals surface area contributed by atoms with Crippen LogP contribution in [0.1, 0.15) is 6.42 Å². The Balaban J connectivity index is 2.32. The Morgan fingerprint density at radius 2 is 1.86 bits per heavy atom. The molecule has 0 atom stereocenters. The van der Waals surface area contributed by atoms with E-state index in [4.69, 9.17) is 0 Å². The Bertz CT molecular complexity index is 348. The van der Waals surface area contributed by atoms with Crippen LogP contribution < -0.4 is 4.90 Å². The first-order valence-corrected chi connectivity index (χ1v) is 5.32. The highest BCUT2D eigenvalue weighted by Crippen LogP contribution is 2.24. The molecule has 1 aliphatic heterocycles. The fourth-order valence-electron chi connectivity index (χ4n) is 1.33. The Morgan fingerprint density at radius 1 is 1.14 bits per heavy atom. The summed E-state index contributed by atoms with van der Waals surface area (Å²) in [4.78, 5) is 24.2. The molecule has 72 valence electrons. The average Bonchev–Trinajstić information content (AvgIpc) is 2.19. The second-order valence-electron chi connectivity index (χ2n) is 2.93. The summed E-state index contributed by atoms with van der Waals surface area (Å²) in [7, 11) is 0. The van der Waals surface area contributed by atoms with Crippen molar-refractivity contribution in [3.8, 4) is 0 Å². The maximum absolute atomic E-state index is 11.5. The van der Waals surface area contributed by atoms with E-state index in [9.17, 15) is 9.59 Å². The van der Waals surface area contributed by atoms with E-state index in [-0.39, 0.29) is 11.1 Å². The lowest BCUT2D eigenvalue weighted by Crippen LogP contribution is -2.38. The van der Waals surface area contributed by atoms with Crippen molar-refractivity contribution >= 4 is 28.6 Å². The molecular weight excluding hydrogens is 198 g/mol. The van der Waals surface area contributed by atoms with Gasteiger partial charge in [-0.05, 0) is 12.1 Å². The largest absolute Gasteiger partial charge is 0.292 e. The first kappa shape index (κ1) is 9.27. The van der Waals surface area contributed by atoms with E-state index in [0.717, 1.165) is 0 Å². The fraction of sp³-hybridized carbons (Fsp3) is 0.200. The fourth-order valence-corrected chi connectivity index (χ4v) is 2.12. The molecule has 0 unspecified atom stereocenters. The third kappa shape index (κ3) is 1.65. The summed E-state index contributed by atoms with van der Waals surface area (Å²) in [5.74, 6) is 0.487. The zero-order valence-corrected chi connectivity index (χ0v) is 8.29. The van der Waals surface area contributed by atoms with Crippen LogP contribution in [0.3, 0.4) is 0 Å². The predicted molar refractivity (Wildman–Crippen MR) is 56.4 cm³/mol. The van der Waals surface area contributed by atoms with Crippen molar-refractivity contribution in [2.75, 3.05) is 10.7 Å². The minimum absolute atomic E-state index is 0.111. The number of anilines is 1. The number of amides is 2. The Kier molecular flexibility index (Phi) is 2.54. The molecule has 0 aromatic heterocycles. The number of imide groups is 1. The van der Waals surface area contributed by atoms with Crippen LogP contribution in [0.25, 0.3) is 0 Å².